The number of nitrogens with zero attached hydrogens (tertiary/aromatic N) is 5. The van der Waals surface area contributed by atoms with Gasteiger partial charge in [-0.05, 0) is 80.6 Å². The monoisotopic (exact) mass is 576 g/mol. The summed E-state index contributed by atoms with van der Waals surface area (Å²) < 4.78 is 23.2. The maximum atomic E-state index is 16.8. The highest BCUT2D eigenvalue weighted by Gasteiger charge is 2.57. The third-order valence-electron chi connectivity index (χ3n) is 10.8. The molecule has 43 heavy (non-hydrogen) atoms. The molecular formula is C34H33FN6O2. The summed E-state index contributed by atoms with van der Waals surface area (Å²) in [5, 5.41) is 16.3. The fourth-order valence-corrected chi connectivity index (χ4v) is 8.68. The zero-order chi connectivity index (χ0) is 28.9. The van der Waals surface area contributed by atoms with Crippen LogP contribution in [0.4, 0.5) is 10.2 Å². The maximum Gasteiger partial charge on any atom is 0.319 e. The first kappa shape index (κ1) is 25.5. The molecule has 4 aromatic rings. The number of ether oxygens (including phenoxy) is 1. The number of piperidine rings is 1. The molecule has 4 atom stereocenters. The molecule has 0 radical (unpaired) electrons. The maximum absolute atomic E-state index is 16.8. The molecule has 6 heterocycles. The Morgan fingerprint density at radius 2 is 1.91 bits per heavy atom. The Hall–Kier alpha value is -4.00. The minimum absolute atomic E-state index is 0.0113. The van der Waals surface area contributed by atoms with Crippen molar-refractivity contribution < 1.29 is 14.2 Å². The van der Waals surface area contributed by atoms with Gasteiger partial charge >= 0.3 is 6.01 Å². The van der Waals surface area contributed by atoms with Crippen LogP contribution < -0.4 is 15.0 Å². The number of hydrogen-bond acceptors (Lipinski definition) is 8. The van der Waals surface area contributed by atoms with Crippen molar-refractivity contribution in [1.82, 2.24) is 25.2 Å². The molecular weight excluding hydrogens is 543 g/mol. The van der Waals surface area contributed by atoms with Gasteiger partial charge in [0, 0.05) is 47.9 Å². The van der Waals surface area contributed by atoms with E-state index >= 15 is 4.39 Å². The molecule has 5 fully saturated rings. The number of phenols is 1. The number of rotatable bonds is 5. The van der Waals surface area contributed by atoms with Crippen LogP contribution in [0.1, 0.15) is 37.7 Å². The Balaban J connectivity index is 1.18. The van der Waals surface area contributed by atoms with Crippen molar-refractivity contribution in [2.75, 3.05) is 37.7 Å². The van der Waals surface area contributed by atoms with Gasteiger partial charge in [0.05, 0.1) is 10.9 Å². The first-order chi connectivity index (χ1) is 21.0. The predicted molar refractivity (Wildman–Crippen MR) is 163 cm³/mol. The van der Waals surface area contributed by atoms with Crippen molar-refractivity contribution in [1.29, 1.82) is 0 Å². The molecule has 0 spiro atoms. The average Bonchev–Trinajstić information content (AvgIpc) is 3.48. The van der Waals surface area contributed by atoms with Crippen LogP contribution >= 0.6 is 0 Å². The zero-order valence-electron chi connectivity index (χ0n) is 23.9. The second kappa shape index (κ2) is 9.25. The minimum atomic E-state index is -0.577. The number of piperazine rings is 1. The van der Waals surface area contributed by atoms with E-state index in [0.717, 1.165) is 50.9 Å². The van der Waals surface area contributed by atoms with Crippen LogP contribution in [0.3, 0.4) is 0 Å². The molecule has 4 aliphatic heterocycles. The smallest absolute Gasteiger partial charge is 0.319 e. The number of nitrogens with one attached hydrogen (secondary N) is 1. The van der Waals surface area contributed by atoms with Gasteiger partial charge in [0.2, 0.25) is 0 Å². The Labute approximate surface area is 249 Å². The first-order valence-corrected chi connectivity index (χ1v) is 15.5. The third-order valence-corrected chi connectivity index (χ3v) is 10.8. The lowest BCUT2D eigenvalue weighted by Gasteiger charge is -2.36. The Kier molecular flexibility index (Phi) is 5.48. The van der Waals surface area contributed by atoms with Crippen molar-refractivity contribution in [2.45, 2.75) is 49.7 Å². The lowest BCUT2D eigenvalue weighted by Crippen LogP contribution is -2.54. The van der Waals surface area contributed by atoms with E-state index in [9.17, 15) is 5.11 Å². The number of terminal acetylenes is 1. The lowest BCUT2D eigenvalue weighted by atomic mass is 9.95. The van der Waals surface area contributed by atoms with Crippen molar-refractivity contribution in [3.8, 4) is 35.4 Å². The van der Waals surface area contributed by atoms with Gasteiger partial charge in [-0.1, -0.05) is 18.1 Å². The number of anilines is 1. The van der Waals surface area contributed by atoms with Gasteiger partial charge in [-0.15, -0.1) is 6.42 Å². The van der Waals surface area contributed by atoms with E-state index in [2.05, 4.69) is 26.0 Å². The molecule has 8 nitrogen and oxygen atoms in total. The summed E-state index contributed by atoms with van der Waals surface area (Å²) in [5.41, 5.74) is 1.31. The highest BCUT2D eigenvalue weighted by molar-refractivity contribution is 6.02. The fraction of sp³-hybridized carbons (Fsp3) is 0.441. The number of aromatic nitrogens is 3. The molecule has 9 rings (SSSR count). The van der Waals surface area contributed by atoms with E-state index in [1.165, 1.54) is 25.3 Å². The summed E-state index contributed by atoms with van der Waals surface area (Å²) >= 11 is 0. The Morgan fingerprint density at radius 1 is 1.12 bits per heavy atom. The van der Waals surface area contributed by atoms with E-state index in [-0.39, 0.29) is 28.5 Å². The number of pyridine rings is 1. The quantitative estimate of drug-likeness (QED) is 0.337. The molecule has 2 bridgehead atoms. The molecule has 1 saturated carbocycles. The molecule has 4 unspecified atom stereocenters. The standard InChI is InChI=1S/C34H33FN6O2/c1-2-19-6-3-7-20-12-21(42)13-24(28(19)20)30-29(35)31-25(15-36-30)32(40-16-26-22-14-23(22)27(17-40)37-26)39-33(38-31)43-18-34-8-4-10-41(34)11-5-9-34/h1,3,6-7,12-13,15,22-23,26-27,37,42H,4-5,8-11,14,16-18H2. The third kappa shape index (κ3) is 3.86. The summed E-state index contributed by atoms with van der Waals surface area (Å²) in [7, 11) is 0. The van der Waals surface area contributed by atoms with Gasteiger partial charge < -0.3 is 20.1 Å². The van der Waals surface area contributed by atoms with Crippen molar-refractivity contribution in [2.24, 2.45) is 11.8 Å². The molecule has 2 N–H and O–H groups in total. The van der Waals surface area contributed by atoms with Crippen LogP contribution in [-0.4, -0.2) is 75.4 Å². The van der Waals surface area contributed by atoms with Crippen LogP contribution in [0.2, 0.25) is 0 Å². The topological polar surface area (TPSA) is 86.6 Å². The van der Waals surface area contributed by atoms with Gasteiger partial charge in [-0.3, -0.25) is 9.88 Å². The number of halogens is 1. The average molecular weight is 577 g/mol. The largest absolute Gasteiger partial charge is 0.508 e. The molecule has 1 aliphatic carbocycles. The van der Waals surface area contributed by atoms with Crippen LogP contribution in [0, 0.1) is 30.0 Å². The van der Waals surface area contributed by atoms with Crippen molar-refractivity contribution >= 4 is 27.5 Å². The molecule has 2 aromatic heterocycles. The van der Waals surface area contributed by atoms with Gasteiger partial charge in [0.15, 0.2) is 5.82 Å². The van der Waals surface area contributed by atoms with Crippen LogP contribution in [-0.2, 0) is 0 Å². The zero-order valence-corrected chi connectivity index (χ0v) is 23.9. The normalized spacial score (nSPS) is 26.9. The Bertz CT molecular complexity index is 1830. The highest BCUT2D eigenvalue weighted by Crippen LogP contribution is 2.51. The molecule has 2 aromatic carbocycles. The number of phenolic OH excluding ortho intramolecular Hbond substituents is 1. The number of fused-ring (bicyclic) bond motifs is 8. The SMILES string of the molecule is C#Cc1cccc2cc(O)cc(-c3ncc4c(N5CC6NC(C5)C5CC65)nc(OCC56CCCN5CCC6)nc4c3F)c12. The minimum Gasteiger partial charge on any atom is -0.508 e. The van der Waals surface area contributed by atoms with Crippen LogP contribution in [0.5, 0.6) is 11.8 Å². The summed E-state index contributed by atoms with van der Waals surface area (Å²) in [4.78, 5) is 19.1. The summed E-state index contributed by atoms with van der Waals surface area (Å²) in [6.45, 7) is 4.32. The first-order valence-electron chi connectivity index (χ1n) is 15.5. The fourth-order valence-electron chi connectivity index (χ4n) is 8.68. The van der Waals surface area contributed by atoms with E-state index in [1.807, 2.05) is 18.2 Å². The molecule has 0 amide bonds. The van der Waals surface area contributed by atoms with E-state index in [0.29, 0.717) is 51.8 Å². The van der Waals surface area contributed by atoms with Crippen molar-refractivity contribution in [3.63, 3.8) is 0 Å². The summed E-state index contributed by atoms with van der Waals surface area (Å²) in [6.07, 6.45) is 13.3. The van der Waals surface area contributed by atoms with Crippen LogP contribution in [0.15, 0.2) is 36.5 Å². The molecule has 5 aliphatic rings. The van der Waals surface area contributed by atoms with E-state index in [4.69, 9.17) is 21.1 Å². The van der Waals surface area contributed by atoms with Crippen molar-refractivity contribution in [3.05, 3.63) is 47.9 Å². The highest BCUT2D eigenvalue weighted by atomic mass is 19.1. The summed E-state index contributed by atoms with van der Waals surface area (Å²) in [5.74, 6) is 4.26. The molecule has 9 heteroatoms. The number of aromatic hydroxyl groups is 1. The second-order valence-corrected chi connectivity index (χ2v) is 13.1. The van der Waals surface area contributed by atoms with E-state index in [1.54, 1.807) is 12.3 Å². The number of benzene rings is 2. The second-order valence-electron chi connectivity index (χ2n) is 13.1. The van der Waals surface area contributed by atoms with Crippen LogP contribution in [0.25, 0.3) is 32.9 Å². The van der Waals surface area contributed by atoms with Gasteiger partial charge in [0.1, 0.15) is 29.4 Å². The molecule has 4 saturated heterocycles. The Morgan fingerprint density at radius 3 is 2.67 bits per heavy atom. The van der Waals surface area contributed by atoms with Gasteiger partial charge in [0.25, 0.3) is 0 Å². The van der Waals surface area contributed by atoms with E-state index < -0.39 is 5.82 Å². The van der Waals surface area contributed by atoms with Gasteiger partial charge in [-0.2, -0.15) is 9.97 Å². The lowest BCUT2D eigenvalue weighted by molar-refractivity contribution is 0.108. The summed E-state index contributed by atoms with van der Waals surface area (Å²) in [6, 6.07) is 9.67. The van der Waals surface area contributed by atoms with Gasteiger partial charge in [-0.25, -0.2) is 4.39 Å². The predicted octanol–water partition coefficient (Wildman–Crippen LogP) is 4.47. The number of hydrogen-bond donors (Lipinski definition) is 2. The molecule has 218 valence electrons.